The third-order valence-corrected chi connectivity index (χ3v) is 6.19. The summed E-state index contributed by atoms with van der Waals surface area (Å²) in [5, 5.41) is 0. The number of nitrogens with zero attached hydrogens (tertiary/aromatic N) is 4. The third kappa shape index (κ3) is 2.70. The van der Waals surface area contributed by atoms with Crippen LogP contribution in [0.1, 0.15) is 44.3 Å². The van der Waals surface area contributed by atoms with Gasteiger partial charge in [0.1, 0.15) is 5.82 Å². The minimum Gasteiger partial charge on any atom is -0.450 e. The van der Waals surface area contributed by atoms with E-state index in [9.17, 15) is 4.79 Å². The first-order valence-corrected chi connectivity index (χ1v) is 9.23. The number of amides is 1. The van der Waals surface area contributed by atoms with Gasteiger partial charge < -0.3 is 19.1 Å². The van der Waals surface area contributed by atoms with Crippen molar-refractivity contribution in [3.8, 4) is 0 Å². The predicted molar refractivity (Wildman–Crippen MR) is 90.8 cm³/mol. The molecule has 0 radical (unpaired) electrons. The summed E-state index contributed by atoms with van der Waals surface area (Å²) in [5.41, 5.74) is 0.397. The number of rotatable bonds is 3. The molecular weight excluding hydrogens is 304 g/mol. The van der Waals surface area contributed by atoms with E-state index in [0.29, 0.717) is 17.9 Å². The van der Waals surface area contributed by atoms with Crippen molar-refractivity contribution >= 4 is 6.09 Å². The summed E-state index contributed by atoms with van der Waals surface area (Å²) in [4.78, 5) is 20.7. The minimum absolute atomic E-state index is 0.137. The normalized spacial score (nSPS) is 24.7. The van der Waals surface area contributed by atoms with Crippen LogP contribution in [0.15, 0.2) is 12.4 Å². The molecule has 6 heteroatoms. The molecule has 0 atom stereocenters. The zero-order valence-corrected chi connectivity index (χ0v) is 14.8. The molecule has 6 nitrogen and oxygen atoms in total. The van der Waals surface area contributed by atoms with E-state index in [-0.39, 0.29) is 6.09 Å². The smallest absolute Gasteiger partial charge is 0.409 e. The number of carbonyl (C=O) groups is 1. The number of imidazole rings is 1. The molecule has 3 aliphatic rings. The van der Waals surface area contributed by atoms with E-state index < -0.39 is 0 Å². The number of hydrogen-bond donors (Lipinski definition) is 0. The van der Waals surface area contributed by atoms with Crippen molar-refractivity contribution in [3.63, 3.8) is 0 Å². The fourth-order valence-electron chi connectivity index (χ4n) is 4.86. The summed E-state index contributed by atoms with van der Waals surface area (Å²) < 4.78 is 7.24. The Labute approximate surface area is 143 Å². The molecule has 0 bridgehead atoms. The topological polar surface area (TPSA) is 50.6 Å². The van der Waals surface area contributed by atoms with E-state index in [2.05, 4.69) is 21.5 Å². The van der Waals surface area contributed by atoms with Crippen molar-refractivity contribution in [2.24, 2.45) is 12.5 Å². The molecule has 2 aliphatic heterocycles. The quantitative estimate of drug-likeness (QED) is 0.852. The molecule has 132 valence electrons. The van der Waals surface area contributed by atoms with Gasteiger partial charge >= 0.3 is 6.09 Å². The van der Waals surface area contributed by atoms with Crippen molar-refractivity contribution in [3.05, 3.63) is 18.2 Å². The van der Waals surface area contributed by atoms with Crippen molar-refractivity contribution in [2.75, 3.05) is 32.8 Å². The molecule has 0 unspecified atom stereocenters. The van der Waals surface area contributed by atoms with E-state index >= 15 is 0 Å². The fraction of sp³-hybridized carbons (Fsp3) is 0.778. The monoisotopic (exact) mass is 332 g/mol. The molecule has 1 amide bonds. The maximum Gasteiger partial charge on any atom is 0.409 e. The number of carbonyl (C=O) groups excluding carboxylic acids is 1. The maximum absolute atomic E-state index is 11.7. The average molecular weight is 332 g/mol. The molecule has 1 aliphatic carbocycles. The lowest BCUT2D eigenvalue weighted by atomic mass is 9.60. The van der Waals surface area contributed by atoms with Gasteiger partial charge in [0.05, 0.1) is 6.61 Å². The first kappa shape index (κ1) is 15.9. The minimum atomic E-state index is -0.137. The summed E-state index contributed by atoms with van der Waals surface area (Å²) in [5.74, 6) is 1.85. The van der Waals surface area contributed by atoms with Gasteiger partial charge in [0.15, 0.2) is 0 Å². The first-order chi connectivity index (χ1) is 11.6. The zero-order valence-electron chi connectivity index (χ0n) is 14.8. The summed E-state index contributed by atoms with van der Waals surface area (Å²) in [6.45, 7) is 6.48. The van der Waals surface area contributed by atoms with Gasteiger partial charge in [-0.3, -0.25) is 0 Å². The van der Waals surface area contributed by atoms with Crippen LogP contribution in [0, 0.1) is 5.41 Å². The van der Waals surface area contributed by atoms with Crippen molar-refractivity contribution < 1.29 is 9.53 Å². The van der Waals surface area contributed by atoms with Gasteiger partial charge in [-0.05, 0) is 45.7 Å². The van der Waals surface area contributed by atoms with Gasteiger partial charge in [0, 0.05) is 49.9 Å². The van der Waals surface area contributed by atoms with Gasteiger partial charge in [0.2, 0.25) is 0 Å². The summed E-state index contributed by atoms with van der Waals surface area (Å²) >= 11 is 0. The molecule has 3 heterocycles. The Morgan fingerprint density at radius 2 is 2.04 bits per heavy atom. The highest BCUT2D eigenvalue weighted by Gasteiger charge is 2.55. The van der Waals surface area contributed by atoms with E-state index in [1.165, 1.54) is 44.6 Å². The zero-order chi connectivity index (χ0) is 16.7. The molecular formula is C18H28N4O2. The Hall–Kier alpha value is -1.56. The Morgan fingerprint density at radius 3 is 2.62 bits per heavy atom. The summed E-state index contributed by atoms with van der Waals surface area (Å²) in [6, 6.07) is 0.719. The van der Waals surface area contributed by atoms with E-state index in [4.69, 9.17) is 4.74 Å². The van der Waals surface area contributed by atoms with Gasteiger partial charge in [0.25, 0.3) is 0 Å². The van der Waals surface area contributed by atoms with Crippen LogP contribution in [-0.2, 0) is 11.8 Å². The Balaban J connectivity index is 1.22. The number of likely N-dealkylation sites (tertiary alicyclic amines) is 2. The average Bonchev–Trinajstić information content (AvgIpc) is 2.91. The number of piperidine rings is 1. The first-order valence-electron chi connectivity index (χ1n) is 9.23. The molecule has 1 saturated carbocycles. The molecule has 24 heavy (non-hydrogen) atoms. The Kier molecular flexibility index (Phi) is 4.03. The van der Waals surface area contributed by atoms with Crippen molar-refractivity contribution in [1.82, 2.24) is 19.4 Å². The van der Waals surface area contributed by atoms with Crippen LogP contribution in [0.5, 0.6) is 0 Å². The van der Waals surface area contributed by atoms with Crippen molar-refractivity contribution in [2.45, 2.75) is 44.6 Å². The predicted octanol–water partition coefficient (Wildman–Crippen LogP) is 2.22. The van der Waals surface area contributed by atoms with Crippen LogP contribution < -0.4 is 0 Å². The van der Waals surface area contributed by atoms with E-state index in [1.807, 2.05) is 24.2 Å². The number of ether oxygens (including phenoxy) is 1. The molecule has 2 saturated heterocycles. The summed E-state index contributed by atoms with van der Waals surface area (Å²) in [7, 11) is 2.09. The molecule has 0 N–H and O–H groups in total. The molecule has 1 spiro atoms. The van der Waals surface area contributed by atoms with Crippen LogP contribution in [0.4, 0.5) is 4.79 Å². The number of aryl methyl sites for hydroxylation is 1. The number of aromatic nitrogens is 2. The lowest BCUT2D eigenvalue weighted by Crippen LogP contribution is -2.68. The highest BCUT2D eigenvalue weighted by molar-refractivity contribution is 5.69. The number of hydrogen-bond acceptors (Lipinski definition) is 4. The molecule has 0 aromatic carbocycles. The Bertz CT molecular complexity index is 592. The molecule has 3 fully saturated rings. The highest BCUT2D eigenvalue weighted by Crippen LogP contribution is 2.51. The SMILES string of the molecule is CCOC(=O)N1CC2(CC(N3CCC(c4nccn4C)CC3)C2)C1. The second-order valence-electron chi connectivity index (χ2n) is 7.82. The van der Waals surface area contributed by atoms with Gasteiger partial charge in [-0.15, -0.1) is 0 Å². The van der Waals surface area contributed by atoms with Gasteiger partial charge in [-0.2, -0.15) is 0 Å². The highest BCUT2D eigenvalue weighted by atomic mass is 16.6. The maximum atomic E-state index is 11.7. The van der Waals surface area contributed by atoms with Crippen LogP contribution in [0.3, 0.4) is 0 Å². The van der Waals surface area contributed by atoms with Crippen LogP contribution in [0.2, 0.25) is 0 Å². The summed E-state index contributed by atoms with van der Waals surface area (Å²) in [6.07, 6.45) is 8.73. The van der Waals surface area contributed by atoms with Gasteiger partial charge in [-0.25, -0.2) is 9.78 Å². The Morgan fingerprint density at radius 1 is 1.33 bits per heavy atom. The lowest BCUT2D eigenvalue weighted by Gasteiger charge is -2.61. The third-order valence-electron chi connectivity index (χ3n) is 6.19. The lowest BCUT2D eigenvalue weighted by molar-refractivity contribution is -0.103. The molecule has 4 rings (SSSR count). The van der Waals surface area contributed by atoms with E-state index in [1.54, 1.807) is 0 Å². The molecule has 1 aromatic heterocycles. The second-order valence-corrected chi connectivity index (χ2v) is 7.82. The van der Waals surface area contributed by atoms with Crippen LogP contribution in [0.25, 0.3) is 0 Å². The fourth-order valence-corrected chi connectivity index (χ4v) is 4.86. The van der Waals surface area contributed by atoms with Crippen molar-refractivity contribution in [1.29, 1.82) is 0 Å². The largest absolute Gasteiger partial charge is 0.450 e. The van der Waals surface area contributed by atoms with Crippen LogP contribution in [-0.4, -0.2) is 64.3 Å². The second kappa shape index (κ2) is 6.06. The van der Waals surface area contributed by atoms with Gasteiger partial charge in [-0.1, -0.05) is 0 Å². The van der Waals surface area contributed by atoms with E-state index in [0.717, 1.165) is 19.1 Å². The van der Waals surface area contributed by atoms with Crippen LogP contribution >= 0.6 is 0 Å². The molecule has 1 aromatic rings. The standard InChI is InChI=1S/C18H28N4O2/c1-3-24-17(23)22-12-18(13-22)10-15(11-18)21-7-4-14(5-8-21)16-19-6-9-20(16)2/h6,9,14-15H,3-5,7-8,10-13H2,1-2H3.